The first-order valence-corrected chi connectivity index (χ1v) is 4.26. The first-order chi connectivity index (χ1) is 4.58. The molecule has 58 valence electrons. The Bertz CT molecular complexity index is 158. The number of rotatable bonds is 2. The summed E-state index contributed by atoms with van der Waals surface area (Å²) >= 11 is 3.37. The fourth-order valence-corrected chi connectivity index (χ4v) is 2.03. The Hall–Kier alpha value is -0.0500. The summed E-state index contributed by atoms with van der Waals surface area (Å²) in [7, 11) is 0. The highest BCUT2D eigenvalue weighted by Crippen LogP contribution is 2.53. The molecule has 1 aliphatic rings. The molecule has 0 aromatic rings. The van der Waals surface area contributed by atoms with Gasteiger partial charge in [0.25, 0.3) is 0 Å². The quantitative estimate of drug-likeness (QED) is 0.511. The van der Waals surface area contributed by atoms with Crippen LogP contribution >= 0.6 is 15.9 Å². The van der Waals surface area contributed by atoms with Crippen LogP contribution in [-0.4, -0.2) is 10.5 Å². The summed E-state index contributed by atoms with van der Waals surface area (Å²) in [6.07, 6.45) is 2.03. The summed E-state index contributed by atoms with van der Waals surface area (Å²) < 4.78 is 4.73. The summed E-state index contributed by atoms with van der Waals surface area (Å²) in [4.78, 5) is 10.5. The van der Waals surface area contributed by atoms with Gasteiger partial charge in [0.05, 0.1) is 0 Å². The molecular weight excluding hydrogens is 196 g/mol. The maximum atomic E-state index is 10.5. The largest absolute Gasteiger partial charge is 0.447 e. The fraction of sp³-hybridized carbons (Fsp3) is 0.857. The van der Waals surface area contributed by atoms with Crippen LogP contribution in [0.25, 0.3) is 0 Å². The highest BCUT2D eigenvalue weighted by molar-refractivity contribution is 9.10. The number of halogens is 1. The van der Waals surface area contributed by atoms with Gasteiger partial charge in [-0.2, -0.15) is 0 Å². The Morgan fingerprint density at radius 2 is 2.50 bits per heavy atom. The molecule has 1 fully saturated rings. The molecular formula is C7H11BrO2. The second-order valence-corrected chi connectivity index (χ2v) is 4.03. The van der Waals surface area contributed by atoms with E-state index >= 15 is 0 Å². The van der Waals surface area contributed by atoms with Crippen molar-refractivity contribution >= 4 is 21.9 Å². The Kier molecular flexibility index (Phi) is 2.04. The SMILES string of the molecule is CCC1CC1(Br)OC(C)=O. The van der Waals surface area contributed by atoms with Crippen LogP contribution in [0.3, 0.4) is 0 Å². The molecule has 0 spiro atoms. The van der Waals surface area contributed by atoms with Crippen LogP contribution in [0.15, 0.2) is 0 Å². The van der Waals surface area contributed by atoms with Gasteiger partial charge in [0.1, 0.15) is 0 Å². The number of carbonyl (C=O) groups excluding carboxylic acids is 1. The minimum absolute atomic E-state index is 0.201. The lowest BCUT2D eigenvalue weighted by atomic mass is 10.3. The molecule has 0 amide bonds. The standard InChI is InChI=1S/C7H11BrO2/c1-3-6-4-7(6,8)10-5(2)9/h6H,3-4H2,1-2H3. The summed E-state index contributed by atoms with van der Waals surface area (Å²) in [5, 5.41) is 0. The van der Waals surface area contributed by atoms with Crippen molar-refractivity contribution in [2.45, 2.75) is 31.2 Å². The van der Waals surface area contributed by atoms with Gasteiger partial charge in [0.15, 0.2) is 4.51 Å². The molecule has 1 saturated carbocycles. The molecule has 0 bridgehead atoms. The van der Waals surface area contributed by atoms with E-state index < -0.39 is 0 Å². The van der Waals surface area contributed by atoms with E-state index in [2.05, 4.69) is 22.9 Å². The van der Waals surface area contributed by atoms with E-state index in [-0.39, 0.29) is 10.5 Å². The third-order valence-electron chi connectivity index (χ3n) is 1.78. The monoisotopic (exact) mass is 206 g/mol. The molecule has 3 heteroatoms. The van der Waals surface area contributed by atoms with Crippen molar-refractivity contribution in [3.8, 4) is 0 Å². The number of esters is 1. The lowest BCUT2D eigenvalue weighted by Gasteiger charge is -2.07. The van der Waals surface area contributed by atoms with E-state index in [1.165, 1.54) is 6.92 Å². The molecule has 0 saturated heterocycles. The molecule has 0 aromatic heterocycles. The average Bonchev–Trinajstić information content (AvgIpc) is 2.39. The zero-order valence-electron chi connectivity index (χ0n) is 6.19. The second-order valence-electron chi connectivity index (χ2n) is 2.69. The van der Waals surface area contributed by atoms with Crippen LogP contribution < -0.4 is 0 Å². The molecule has 0 aromatic carbocycles. The van der Waals surface area contributed by atoms with Gasteiger partial charge in [-0.05, 0) is 22.4 Å². The van der Waals surface area contributed by atoms with E-state index in [4.69, 9.17) is 4.74 Å². The first kappa shape index (κ1) is 8.05. The van der Waals surface area contributed by atoms with Gasteiger partial charge in [0.2, 0.25) is 0 Å². The van der Waals surface area contributed by atoms with Crippen molar-refractivity contribution in [3.63, 3.8) is 0 Å². The van der Waals surface area contributed by atoms with Crippen molar-refractivity contribution in [2.75, 3.05) is 0 Å². The summed E-state index contributed by atoms with van der Waals surface area (Å²) in [5.74, 6) is 0.323. The predicted molar refractivity (Wildman–Crippen MR) is 41.8 cm³/mol. The molecule has 0 heterocycles. The summed E-state index contributed by atoms with van der Waals surface area (Å²) in [6.45, 7) is 3.53. The van der Waals surface area contributed by atoms with Crippen LogP contribution in [-0.2, 0) is 9.53 Å². The highest BCUT2D eigenvalue weighted by atomic mass is 79.9. The van der Waals surface area contributed by atoms with Gasteiger partial charge < -0.3 is 4.74 Å². The predicted octanol–water partition coefficient (Wildman–Crippen LogP) is 2.07. The van der Waals surface area contributed by atoms with Crippen LogP contribution in [0, 0.1) is 5.92 Å². The molecule has 1 aliphatic carbocycles. The zero-order valence-corrected chi connectivity index (χ0v) is 7.77. The van der Waals surface area contributed by atoms with E-state index in [0.717, 1.165) is 12.8 Å². The van der Waals surface area contributed by atoms with Gasteiger partial charge in [-0.3, -0.25) is 4.79 Å². The highest BCUT2D eigenvalue weighted by Gasteiger charge is 2.54. The van der Waals surface area contributed by atoms with Crippen molar-refractivity contribution in [2.24, 2.45) is 5.92 Å². The minimum atomic E-state index is -0.298. The molecule has 0 N–H and O–H groups in total. The lowest BCUT2D eigenvalue weighted by Crippen LogP contribution is -2.11. The lowest BCUT2D eigenvalue weighted by molar-refractivity contribution is -0.143. The fourth-order valence-electron chi connectivity index (χ4n) is 1.09. The van der Waals surface area contributed by atoms with Crippen LogP contribution in [0.5, 0.6) is 0 Å². The maximum Gasteiger partial charge on any atom is 0.304 e. The topological polar surface area (TPSA) is 26.3 Å². The van der Waals surface area contributed by atoms with Crippen molar-refractivity contribution in [3.05, 3.63) is 0 Å². The number of carbonyl (C=O) groups is 1. The van der Waals surface area contributed by atoms with Crippen molar-refractivity contribution < 1.29 is 9.53 Å². The molecule has 2 unspecified atom stereocenters. The Labute approximate surface area is 69.1 Å². The molecule has 2 atom stereocenters. The van der Waals surface area contributed by atoms with Crippen LogP contribution in [0.2, 0.25) is 0 Å². The van der Waals surface area contributed by atoms with Gasteiger partial charge in [-0.1, -0.05) is 6.92 Å². The van der Waals surface area contributed by atoms with Gasteiger partial charge in [-0.25, -0.2) is 0 Å². The smallest absolute Gasteiger partial charge is 0.304 e. The van der Waals surface area contributed by atoms with E-state index in [1.807, 2.05) is 0 Å². The van der Waals surface area contributed by atoms with Crippen molar-refractivity contribution in [1.29, 1.82) is 0 Å². The third kappa shape index (κ3) is 1.51. The molecule has 10 heavy (non-hydrogen) atoms. The molecule has 0 aliphatic heterocycles. The molecule has 2 nitrogen and oxygen atoms in total. The Balaban J connectivity index is 2.36. The number of hydrogen-bond acceptors (Lipinski definition) is 2. The van der Waals surface area contributed by atoms with Gasteiger partial charge in [-0.15, -0.1) is 0 Å². The Morgan fingerprint density at radius 3 is 2.80 bits per heavy atom. The summed E-state index contributed by atoms with van der Waals surface area (Å²) in [6, 6.07) is 0. The third-order valence-corrected chi connectivity index (χ3v) is 2.91. The maximum absolute atomic E-state index is 10.5. The van der Waals surface area contributed by atoms with Gasteiger partial charge >= 0.3 is 5.97 Å². The number of ether oxygens (including phenoxy) is 1. The molecule has 0 radical (unpaired) electrons. The average molecular weight is 207 g/mol. The zero-order chi connectivity index (χ0) is 7.78. The van der Waals surface area contributed by atoms with Crippen molar-refractivity contribution in [1.82, 2.24) is 0 Å². The normalized spacial score (nSPS) is 37.3. The van der Waals surface area contributed by atoms with E-state index in [0.29, 0.717) is 5.92 Å². The molecule has 1 rings (SSSR count). The van der Waals surface area contributed by atoms with E-state index in [1.54, 1.807) is 0 Å². The van der Waals surface area contributed by atoms with Crippen LogP contribution in [0.1, 0.15) is 26.7 Å². The first-order valence-electron chi connectivity index (χ1n) is 3.47. The van der Waals surface area contributed by atoms with Gasteiger partial charge in [0, 0.05) is 19.3 Å². The van der Waals surface area contributed by atoms with E-state index in [9.17, 15) is 4.79 Å². The van der Waals surface area contributed by atoms with Crippen LogP contribution in [0.4, 0.5) is 0 Å². The number of alkyl halides is 1. The number of hydrogen-bond donors (Lipinski definition) is 0. The Morgan fingerprint density at radius 1 is 1.90 bits per heavy atom. The second kappa shape index (κ2) is 2.53. The minimum Gasteiger partial charge on any atom is -0.447 e. The summed E-state index contributed by atoms with van der Waals surface area (Å²) in [5.41, 5.74) is 0.